The smallest absolute Gasteiger partial charge is 0.267 e. The van der Waals surface area contributed by atoms with E-state index in [0.29, 0.717) is 11.4 Å². The summed E-state index contributed by atoms with van der Waals surface area (Å²) in [7, 11) is -3.73. The van der Waals surface area contributed by atoms with Gasteiger partial charge in [-0.2, -0.15) is 0 Å². The van der Waals surface area contributed by atoms with Crippen LogP contribution in [0.2, 0.25) is 0 Å². The van der Waals surface area contributed by atoms with Crippen LogP contribution in [0.25, 0.3) is 0 Å². The molecule has 1 aromatic heterocycles. The highest BCUT2D eigenvalue weighted by molar-refractivity contribution is 7.92. The van der Waals surface area contributed by atoms with Crippen molar-refractivity contribution in [2.75, 3.05) is 4.72 Å². The number of benzene rings is 2. The Labute approximate surface area is 141 Å². The van der Waals surface area contributed by atoms with E-state index in [9.17, 15) is 8.42 Å². The van der Waals surface area contributed by atoms with Crippen molar-refractivity contribution in [2.24, 2.45) is 0 Å². The number of hydrogen-bond donors (Lipinski definition) is 1. The lowest BCUT2D eigenvalue weighted by atomic mass is 10.0. The molecule has 3 aromatic rings. The van der Waals surface area contributed by atoms with Gasteiger partial charge in [0.25, 0.3) is 10.0 Å². The van der Waals surface area contributed by atoms with Gasteiger partial charge in [0.05, 0.1) is 0 Å². The molecule has 0 atom stereocenters. The maximum atomic E-state index is 12.6. The Bertz CT molecular complexity index is 928. The molecule has 0 saturated heterocycles. The highest BCUT2D eigenvalue weighted by Gasteiger charge is 2.24. The van der Waals surface area contributed by atoms with Gasteiger partial charge < -0.3 is 4.52 Å². The highest BCUT2D eigenvalue weighted by atomic mass is 32.2. The van der Waals surface area contributed by atoms with E-state index < -0.39 is 10.0 Å². The maximum absolute atomic E-state index is 12.6. The molecule has 3 rings (SSSR count). The molecule has 6 heteroatoms. The first kappa shape index (κ1) is 16.3. The second-order valence-corrected chi connectivity index (χ2v) is 7.24. The fourth-order valence-corrected chi connectivity index (χ4v) is 4.02. The summed E-state index contributed by atoms with van der Waals surface area (Å²) < 4.78 is 32.7. The molecule has 124 valence electrons. The van der Waals surface area contributed by atoms with Gasteiger partial charge in [-0.1, -0.05) is 47.6 Å². The first-order valence-corrected chi connectivity index (χ1v) is 9.02. The van der Waals surface area contributed by atoms with E-state index in [0.717, 1.165) is 12.0 Å². The van der Waals surface area contributed by atoms with E-state index in [1.807, 2.05) is 48.5 Å². The molecule has 0 amide bonds. The lowest BCUT2D eigenvalue weighted by Crippen LogP contribution is -2.14. The summed E-state index contributed by atoms with van der Waals surface area (Å²) in [5.74, 6) is 0.278. The molecule has 0 fully saturated rings. The molecule has 0 bridgehead atoms. The van der Waals surface area contributed by atoms with Gasteiger partial charge in [0, 0.05) is 5.69 Å². The summed E-state index contributed by atoms with van der Waals surface area (Å²) in [5, 5.41) is 3.70. The number of nitrogens with zero attached hydrogens (tertiary/aromatic N) is 1. The van der Waals surface area contributed by atoms with Gasteiger partial charge in [0.1, 0.15) is 5.69 Å². The van der Waals surface area contributed by atoms with Crippen LogP contribution in [0.15, 0.2) is 64.0 Å². The topological polar surface area (TPSA) is 72.2 Å². The van der Waals surface area contributed by atoms with Crippen molar-refractivity contribution in [3.63, 3.8) is 0 Å². The predicted molar refractivity (Wildman–Crippen MR) is 92.5 cm³/mol. The van der Waals surface area contributed by atoms with Crippen molar-refractivity contribution in [3.8, 4) is 0 Å². The summed E-state index contributed by atoms with van der Waals surface area (Å²) in [4.78, 5) is 0.0935. The molecule has 0 radical (unpaired) electrons. The van der Waals surface area contributed by atoms with Crippen LogP contribution in [-0.2, 0) is 16.4 Å². The first-order valence-electron chi connectivity index (χ1n) is 7.54. The van der Waals surface area contributed by atoms with Gasteiger partial charge >= 0.3 is 0 Å². The summed E-state index contributed by atoms with van der Waals surface area (Å²) in [5.41, 5.74) is 3.06. The van der Waals surface area contributed by atoms with Crippen LogP contribution < -0.4 is 4.72 Å². The van der Waals surface area contributed by atoms with Crippen LogP contribution in [0, 0.1) is 13.8 Å². The van der Waals surface area contributed by atoms with Gasteiger partial charge in [-0.15, -0.1) is 0 Å². The Hall–Kier alpha value is -2.60. The van der Waals surface area contributed by atoms with Crippen LogP contribution in [0.1, 0.15) is 22.6 Å². The van der Waals surface area contributed by atoms with E-state index in [-0.39, 0.29) is 10.7 Å². The van der Waals surface area contributed by atoms with Gasteiger partial charge in [-0.3, -0.25) is 4.72 Å². The van der Waals surface area contributed by atoms with Crippen LogP contribution in [0.4, 0.5) is 5.69 Å². The Kier molecular flexibility index (Phi) is 4.40. The fraction of sp³-hybridized carbons (Fsp3) is 0.167. The lowest BCUT2D eigenvalue weighted by molar-refractivity contribution is 0.390. The van der Waals surface area contributed by atoms with Gasteiger partial charge in [-0.05, 0) is 43.5 Å². The summed E-state index contributed by atoms with van der Waals surface area (Å²) in [6.07, 6.45) is 0.738. The zero-order valence-electron chi connectivity index (χ0n) is 13.5. The van der Waals surface area contributed by atoms with Crippen molar-refractivity contribution >= 4 is 15.7 Å². The standard InChI is InChI=1S/C18H18N2O3S/c1-13-18(14(2)23-19-13)24(21,22)20-17-10-6-9-16(12-17)11-15-7-4-3-5-8-15/h3-10,12,20H,11H2,1-2H3. The molecule has 2 aromatic carbocycles. The molecule has 0 aliphatic rings. The van der Waals surface area contributed by atoms with E-state index in [1.54, 1.807) is 19.9 Å². The molecule has 5 nitrogen and oxygen atoms in total. The average Bonchev–Trinajstić information content (AvgIpc) is 2.88. The summed E-state index contributed by atoms with van der Waals surface area (Å²) in [6, 6.07) is 17.4. The van der Waals surface area contributed by atoms with Crippen molar-refractivity contribution in [1.82, 2.24) is 5.16 Å². The Morgan fingerprint density at radius 3 is 2.38 bits per heavy atom. The minimum Gasteiger partial charge on any atom is -0.360 e. The van der Waals surface area contributed by atoms with Crippen LogP contribution in [0.5, 0.6) is 0 Å². The number of nitrogens with one attached hydrogen (secondary N) is 1. The third-order valence-corrected chi connectivity index (χ3v) is 5.29. The van der Waals surface area contributed by atoms with Crippen molar-refractivity contribution in [2.45, 2.75) is 25.2 Å². The van der Waals surface area contributed by atoms with E-state index in [2.05, 4.69) is 9.88 Å². The molecular formula is C18H18N2O3S. The van der Waals surface area contributed by atoms with Crippen molar-refractivity contribution in [1.29, 1.82) is 0 Å². The Morgan fingerprint density at radius 1 is 1.00 bits per heavy atom. The normalized spacial score (nSPS) is 11.4. The quantitative estimate of drug-likeness (QED) is 0.767. The molecule has 24 heavy (non-hydrogen) atoms. The third kappa shape index (κ3) is 3.49. The maximum Gasteiger partial charge on any atom is 0.267 e. The molecule has 1 heterocycles. The van der Waals surface area contributed by atoms with Gasteiger partial charge in [0.15, 0.2) is 10.7 Å². The third-order valence-electron chi connectivity index (χ3n) is 3.67. The monoisotopic (exact) mass is 342 g/mol. The number of rotatable bonds is 5. The predicted octanol–water partition coefficient (Wildman–Crippen LogP) is 3.68. The zero-order chi connectivity index (χ0) is 17.2. The molecule has 0 unspecified atom stereocenters. The Balaban J connectivity index is 1.85. The number of sulfonamides is 1. The zero-order valence-corrected chi connectivity index (χ0v) is 14.3. The highest BCUT2D eigenvalue weighted by Crippen LogP contribution is 2.23. The largest absolute Gasteiger partial charge is 0.360 e. The molecule has 0 aliphatic heterocycles. The molecule has 0 aliphatic carbocycles. The molecule has 0 spiro atoms. The fourth-order valence-electron chi connectivity index (χ4n) is 2.64. The molecular weight excluding hydrogens is 324 g/mol. The minimum atomic E-state index is -3.73. The van der Waals surface area contributed by atoms with Gasteiger partial charge in [-0.25, -0.2) is 8.42 Å². The Morgan fingerprint density at radius 2 is 1.71 bits per heavy atom. The first-order chi connectivity index (χ1) is 11.5. The van der Waals surface area contributed by atoms with E-state index >= 15 is 0 Å². The molecule has 0 saturated carbocycles. The van der Waals surface area contributed by atoms with Crippen LogP contribution >= 0.6 is 0 Å². The molecule has 1 N–H and O–H groups in total. The lowest BCUT2D eigenvalue weighted by Gasteiger charge is -2.09. The number of hydrogen-bond acceptors (Lipinski definition) is 4. The van der Waals surface area contributed by atoms with E-state index in [4.69, 9.17) is 4.52 Å². The van der Waals surface area contributed by atoms with Crippen LogP contribution in [0.3, 0.4) is 0 Å². The minimum absolute atomic E-state index is 0.0935. The second kappa shape index (κ2) is 6.49. The van der Waals surface area contributed by atoms with Crippen molar-refractivity contribution in [3.05, 3.63) is 77.2 Å². The SMILES string of the molecule is Cc1noc(C)c1S(=O)(=O)Nc1cccc(Cc2ccccc2)c1. The second-order valence-electron chi connectivity index (χ2n) is 5.62. The summed E-state index contributed by atoms with van der Waals surface area (Å²) in [6.45, 7) is 3.19. The number of aromatic nitrogens is 1. The van der Waals surface area contributed by atoms with Crippen LogP contribution in [-0.4, -0.2) is 13.6 Å². The number of aryl methyl sites for hydroxylation is 2. The average molecular weight is 342 g/mol. The van der Waals surface area contributed by atoms with E-state index in [1.165, 1.54) is 5.56 Å². The number of anilines is 1. The van der Waals surface area contributed by atoms with Gasteiger partial charge in [0.2, 0.25) is 0 Å². The summed E-state index contributed by atoms with van der Waals surface area (Å²) >= 11 is 0. The van der Waals surface area contributed by atoms with Crippen molar-refractivity contribution < 1.29 is 12.9 Å².